The summed E-state index contributed by atoms with van der Waals surface area (Å²) < 4.78 is 1.06. The second kappa shape index (κ2) is 6.57. The number of rotatable bonds is 4. The Morgan fingerprint density at radius 1 is 1.13 bits per heavy atom. The van der Waals surface area contributed by atoms with E-state index in [0.29, 0.717) is 5.02 Å². The van der Waals surface area contributed by atoms with Gasteiger partial charge in [0.15, 0.2) is 5.78 Å². The fourth-order valence-electron chi connectivity index (χ4n) is 2.43. The number of ketones is 1. The molecule has 3 aromatic rings. The second-order valence-electron chi connectivity index (χ2n) is 5.46. The maximum Gasteiger partial charge on any atom is 0.197 e. The van der Waals surface area contributed by atoms with Crippen LogP contribution in [0.15, 0.2) is 60.8 Å². The van der Waals surface area contributed by atoms with E-state index < -0.39 is 0 Å². The molecule has 0 aliphatic heterocycles. The molecular formula is C19H16ClNOS. The Hall–Kier alpha value is -2.10. The molecule has 116 valence electrons. The lowest BCUT2D eigenvalue weighted by atomic mass is 10.0. The molecule has 1 aromatic heterocycles. The van der Waals surface area contributed by atoms with Gasteiger partial charge in [-0.25, -0.2) is 0 Å². The summed E-state index contributed by atoms with van der Waals surface area (Å²) in [5, 5.41) is 1.70. The van der Waals surface area contributed by atoms with Gasteiger partial charge in [-0.1, -0.05) is 41.9 Å². The normalized spacial score (nSPS) is 11.3. The molecule has 0 atom stereocenters. The Kier molecular flexibility index (Phi) is 4.51. The van der Waals surface area contributed by atoms with Gasteiger partial charge in [0.2, 0.25) is 0 Å². The predicted octanol–water partition coefficient (Wildman–Crippen LogP) is 5.48. The molecular weight excluding hydrogens is 326 g/mol. The molecule has 0 aliphatic rings. The van der Waals surface area contributed by atoms with E-state index in [0.717, 1.165) is 26.1 Å². The molecule has 0 saturated carbocycles. The van der Waals surface area contributed by atoms with Crippen LogP contribution in [0.4, 0.5) is 0 Å². The molecule has 0 radical (unpaired) electrons. The summed E-state index contributed by atoms with van der Waals surface area (Å²) in [6.45, 7) is 0. The minimum absolute atomic E-state index is 0.00914. The van der Waals surface area contributed by atoms with Crippen molar-refractivity contribution in [2.45, 2.75) is 0 Å². The number of carbonyl (C=O) groups excluding carboxylic acids is 1. The van der Waals surface area contributed by atoms with Crippen LogP contribution < -0.4 is 0 Å². The van der Waals surface area contributed by atoms with Crippen molar-refractivity contribution in [2.75, 3.05) is 14.1 Å². The third kappa shape index (κ3) is 3.31. The molecule has 2 aromatic carbocycles. The van der Waals surface area contributed by atoms with Crippen LogP contribution in [0.5, 0.6) is 0 Å². The van der Waals surface area contributed by atoms with E-state index in [9.17, 15) is 4.79 Å². The van der Waals surface area contributed by atoms with Gasteiger partial charge in [-0.15, -0.1) is 11.3 Å². The van der Waals surface area contributed by atoms with Gasteiger partial charge in [0.05, 0.1) is 4.88 Å². The van der Waals surface area contributed by atoms with Crippen molar-refractivity contribution >= 4 is 38.8 Å². The molecule has 1 heterocycles. The first kappa shape index (κ1) is 15.8. The van der Waals surface area contributed by atoms with Crippen molar-refractivity contribution in [3.8, 4) is 11.1 Å². The number of carbonyl (C=O) groups is 1. The molecule has 0 fully saturated rings. The Balaban J connectivity index is 2.23. The zero-order valence-corrected chi connectivity index (χ0v) is 14.5. The van der Waals surface area contributed by atoms with Crippen LogP contribution in [0.25, 0.3) is 21.2 Å². The summed E-state index contributed by atoms with van der Waals surface area (Å²) in [5.74, 6) is 0.00914. The molecule has 0 bridgehead atoms. The van der Waals surface area contributed by atoms with Crippen molar-refractivity contribution in [3.63, 3.8) is 0 Å². The standard InChI is InChI=1S/C19H16ClNOS/c1-21(2)11-10-16(22)19-18(13-6-4-3-5-7-13)15-12-14(20)8-9-17(15)23-19/h3-12H,1-2H3. The van der Waals surface area contributed by atoms with E-state index in [-0.39, 0.29) is 5.78 Å². The van der Waals surface area contributed by atoms with Gasteiger partial charge < -0.3 is 4.90 Å². The third-order valence-electron chi connectivity index (χ3n) is 3.46. The average Bonchev–Trinajstić information content (AvgIpc) is 2.92. The minimum atomic E-state index is 0.00914. The van der Waals surface area contributed by atoms with Crippen LogP contribution in [0.1, 0.15) is 9.67 Å². The molecule has 0 aliphatic carbocycles. The number of halogens is 1. The first-order valence-corrected chi connectivity index (χ1v) is 8.42. The van der Waals surface area contributed by atoms with Crippen molar-refractivity contribution in [1.82, 2.24) is 4.90 Å². The summed E-state index contributed by atoms with van der Waals surface area (Å²) in [6, 6.07) is 15.7. The van der Waals surface area contributed by atoms with Crippen molar-refractivity contribution < 1.29 is 4.79 Å². The molecule has 4 heteroatoms. The number of allylic oxidation sites excluding steroid dienone is 1. The van der Waals surface area contributed by atoms with Crippen LogP contribution in [-0.2, 0) is 0 Å². The van der Waals surface area contributed by atoms with Gasteiger partial charge >= 0.3 is 0 Å². The Morgan fingerprint density at radius 2 is 1.87 bits per heavy atom. The highest BCUT2D eigenvalue weighted by Crippen LogP contribution is 2.40. The third-order valence-corrected chi connectivity index (χ3v) is 4.88. The quantitative estimate of drug-likeness (QED) is 0.462. The van der Waals surface area contributed by atoms with Crippen LogP contribution >= 0.6 is 22.9 Å². The van der Waals surface area contributed by atoms with E-state index in [1.54, 1.807) is 12.3 Å². The molecule has 0 spiro atoms. The second-order valence-corrected chi connectivity index (χ2v) is 6.94. The van der Waals surface area contributed by atoms with Crippen LogP contribution in [0, 0.1) is 0 Å². The summed E-state index contributed by atoms with van der Waals surface area (Å²) in [6.07, 6.45) is 3.38. The number of hydrogen-bond acceptors (Lipinski definition) is 3. The molecule has 2 nitrogen and oxygen atoms in total. The Labute approximate surface area is 144 Å². The smallest absolute Gasteiger partial charge is 0.197 e. The van der Waals surface area contributed by atoms with E-state index >= 15 is 0 Å². The van der Waals surface area contributed by atoms with Crippen molar-refractivity contribution in [2.24, 2.45) is 0 Å². The van der Waals surface area contributed by atoms with E-state index in [1.807, 2.05) is 67.5 Å². The number of fused-ring (bicyclic) bond motifs is 1. The monoisotopic (exact) mass is 341 g/mol. The van der Waals surface area contributed by atoms with Gasteiger partial charge in [0.25, 0.3) is 0 Å². The SMILES string of the molecule is CN(C)C=CC(=O)c1sc2ccc(Cl)cc2c1-c1ccccc1. The Bertz CT molecular complexity index is 881. The number of nitrogens with zero attached hydrogens (tertiary/aromatic N) is 1. The Morgan fingerprint density at radius 3 is 2.57 bits per heavy atom. The predicted molar refractivity (Wildman–Crippen MR) is 99.4 cm³/mol. The van der Waals surface area contributed by atoms with Crippen LogP contribution in [0.2, 0.25) is 5.02 Å². The van der Waals surface area contributed by atoms with Gasteiger partial charge in [0.1, 0.15) is 0 Å². The number of benzene rings is 2. The molecule has 23 heavy (non-hydrogen) atoms. The minimum Gasteiger partial charge on any atom is -0.383 e. The molecule has 3 rings (SSSR count). The van der Waals surface area contributed by atoms with E-state index in [4.69, 9.17) is 11.6 Å². The zero-order valence-electron chi connectivity index (χ0n) is 12.9. The highest BCUT2D eigenvalue weighted by molar-refractivity contribution is 7.21. The largest absolute Gasteiger partial charge is 0.383 e. The fraction of sp³-hybridized carbons (Fsp3) is 0.105. The van der Waals surface area contributed by atoms with E-state index in [1.165, 1.54) is 11.3 Å². The number of hydrogen-bond donors (Lipinski definition) is 0. The zero-order chi connectivity index (χ0) is 16.4. The highest BCUT2D eigenvalue weighted by atomic mass is 35.5. The maximum atomic E-state index is 12.7. The summed E-state index contributed by atoms with van der Waals surface area (Å²) in [7, 11) is 3.79. The van der Waals surface area contributed by atoms with Gasteiger partial charge in [-0.2, -0.15) is 0 Å². The lowest BCUT2D eigenvalue weighted by Gasteiger charge is -2.05. The van der Waals surface area contributed by atoms with E-state index in [2.05, 4.69) is 0 Å². The molecule has 0 saturated heterocycles. The number of thiophene rings is 1. The summed E-state index contributed by atoms with van der Waals surface area (Å²) in [5.41, 5.74) is 1.99. The lowest BCUT2D eigenvalue weighted by molar-refractivity contribution is 0.105. The fourth-order valence-corrected chi connectivity index (χ4v) is 3.72. The first-order chi connectivity index (χ1) is 11.1. The highest BCUT2D eigenvalue weighted by Gasteiger charge is 2.18. The maximum absolute atomic E-state index is 12.7. The van der Waals surface area contributed by atoms with Gasteiger partial charge in [0, 0.05) is 47.0 Å². The molecule has 0 N–H and O–H groups in total. The summed E-state index contributed by atoms with van der Waals surface area (Å²) >= 11 is 7.68. The first-order valence-electron chi connectivity index (χ1n) is 7.22. The van der Waals surface area contributed by atoms with Gasteiger partial charge in [-0.05, 0) is 23.8 Å². The molecule has 0 amide bonds. The van der Waals surface area contributed by atoms with Crippen molar-refractivity contribution in [3.05, 3.63) is 70.7 Å². The summed E-state index contributed by atoms with van der Waals surface area (Å²) in [4.78, 5) is 15.3. The topological polar surface area (TPSA) is 20.3 Å². The molecule has 0 unspecified atom stereocenters. The van der Waals surface area contributed by atoms with Crippen molar-refractivity contribution in [1.29, 1.82) is 0 Å². The lowest BCUT2D eigenvalue weighted by Crippen LogP contribution is -2.02. The van der Waals surface area contributed by atoms with Crippen LogP contribution in [0.3, 0.4) is 0 Å². The average molecular weight is 342 g/mol. The van der Waals surface area contributed by atoms with Gasteiger partial charge in [-0.3, -0.25) is 4.79 Å². The van der Waals surface area contributed by atoms with Crippen LogP contribution in [-0.4, -0.2) is 24.8 Å².